The lowest BCUT2D eigenvalue weighted by molar-refractivity contribution is 0.0690. The number of piperidine rings is 1. The van der Waals surface area contributed by atoms with E-state index in [2.05, 4.69) is 107 Å². The summed E-state index contributed by atoms with van der Waals surface area (Å²) in [5.41, 5.74) is 4.67. The molecule has 1 aromatic heterocycles. The first-order valence-electron chi connectivity index (χ1n) is 14.2. The quantitative estimate of drug-likeness (QED) is 0.257. The Balaban J connectivity index is 0.000000204. The molecule has 0 N–H and O–H groups in total. The second-order valence-corrected chi connectivity index (χ2v) is 11.1. The fourth-order valence-electron chi connectivity index (χ4n) is 6.78. The molecule has 2 fully saturated rings. The summed E-state index contributed by atoms with van der Waals surface area (Å²) in [7, 11) is 2.29. The van der Waals surface area contributed by atoms with Crippen molar-refractivity contribution in [2.45, 2.75) is 50.5 Å². The Kier molecular flexibility index (Phi) is 8.24. The standard InChI is InChI=1S/C24H20N2.C11H21N/c1-2-23-18-26(19-25-23)24(20-12-6-3-7-13-20,21-14-8-4-9-15-21)22-16-10-5-11-17-22;1-12-9-5-8-11(10-12)6-3-2-4-7-11/h2-19H,1H2;2-10H2,1H3. The lowest BCUT2D eigenvalue weighted by Crippen LogP contribution is -2.42. The third-order valence-electron chi connectivity index (χ3n) is 8.54. The van der Waals surface area contributed by atoms with Crippen molar-refractivity contribution in [1.29, 1.82) is 0 Å². The van der Waals surface area contributed by atoms with Crippen molar-refractivity contribution in [2.24, 2.45) is 5.41 Å². The number of aromatic nitrogens is 2. The van der Waals surface area contributed by atoms with E-state index < -0.39 is 5.54 Å². The van der Waals surface area contributed by atoms with Gasteiger partial charge >= 0.3 is 0 Å². The first kappa shape index (κ1) is 26.2. The molecule has 2 heterocycles. The second kappa shape index (κ2) is 12.0. The van der Waals surface area contributed by atoms with Gasteiger partial charge in [0.1, 0.15) is 5.54 Å². The molecule has 1 saturated heterocycles. The molecule has 0 atom stereocenters. The highest BCUT2D eigenvalue weighted by molar-refractivity contribution is 5.51. The van der Waals surface area contributed by atoms with Gasteiger partial charge in [0.05, 0.1) is 12.0 Å². The van der Waals surface area contributed by atoms with E-state index in [4.69, 9.17) is 0 Å². The Hall–Kier alpha value is -3.43. The van der Waals surface area contributed by atoms with Gasteiger partial charge in [-0.05, 0) is 67.5 Å². The highest BCUT2D eigenvalue weighted by Gasteiger charge is 2.38. The van der Waals surface area contributed by atoms with Crippen molar-refractivity contribution >= 4 is 6.08 Å². The average Bonchev–Trinajstić information content (AvgIpc) is 3.46. The number of hydrogen-bond acceptors (Lipinski definition) is 2. The predicted octanol–water partition coefficient (Wildman–Crippen LogP) is 8.03. The summed E-state index contributed by atoms with van der Waals surface area (Å²) in [4.78, 5) is 7.06. The van der Waals surface area contributed by atoms with Crippen LogP contribution in [0.25, 0.3) is 6.08 Å². The summed E-state index contributed by atoms with van der Waals surface area (Å²) < 4.78 is 2.18. The van der Waals surface area contributed by atoms with E-state index in [-0.39, 0.29) is 0 Å². The van der Waals surface area contributed by atoms with Crippen molar-refractivity contribution in [3.8, 4) is 0 Å². The third kappa shape index (κ3) is 5.39. The van der Waals surface area contributed by atoms with Gasteiger partial charge in [-0.3, -0.25) is 0 Å². The van der Waals surface area contributed by atoms with Crippen LogP contribution in [0.3, 0.4) is 0 Å². The number of likely N-dealkylation sites (tertiary alicyclic amines) is 1. The van der Waals surface area contributed by atoms with Crippen LogP contribution in [0.4, 0.5) is 0 Å². The van der Waals surface area contributed by atoms with Crippen molar-refractivity contribution < 1.29 is 0 Å². The van der Waals surface area contributed by atoms with Gasteiger partial charge in [0, 0.05) is 12.7 Å². The summed E-state index contributed by atoms with van der Waals surface area (Å²) in [6.07, 6.45) is 16.2. The number of rotatable bonds is 5. The molecule has 1 saturated carbocycles. The molecule has 0 radical (unpaired) electrons. The Morgan fingerprint density at radius 1 is 0.737 bits per heavy atom. The van der Waals surface area contributed by atoms with Gasteiger partial charge in [-0.1, -0.05) is 117 Å². The van der Waals surface area contributed by atoms with Crippen LogP contribution >= 0.6 is 0 Å². The molecule has 1 aliphatic heterocycles. The highest BCUT2D eigenvalue weighted by Crippen LogP contribution is 2.43. The molecule has 38 heavy (non-hydrogen) atoms. The Bertz CT molecular complexity index is 1170. The fraction of sp³-hybridized carbons (Fsp3) is 0.343. The van der Waals surface area contributed by atoms with E-state index in [0.717, 1.165) is 11.1 Å². The van der Waals surface area contributed by atoms with E-state index in [9.17, 15) is 0 Å². The molecule has 0 amide bonds. The number of imidazole rings is 1. The van der Waals surface area contributed by atoms with E-state index >= 15 is 0 Å². The highest BCUT2D eigenvalue weighted by atomic mass is 15.1. The molecule has 3 heteroatoms. The molecule has 0 unspecified atom stereocenters. The topological polar surface area (TPSA) is 21.1 Å². The monoisotopic (exact) mass is 503 g/mol. The van der Waals surface area contributed by atoms with Gasteiger partial charge in [-0.2, -0.15) is 0 Å². The Morgan fingerprint density at radius 2 is 1.24 bits per heavy atom. The van der Waals surface area contributed by atoms with Crippen molar-refractivity contribution in [2.75, 3.05) is 20.1 Å². The maximum atomic E-state index is 4.52. The van der Waals surface area contributed by atoms with Gasteiger partial charge < -0.3 is 9.47 Å². The van der Waals surface area contributed by atoms with Gasteiger partial charge in [0.25, 0.3) is 0 Å². The summed E-state index contributed by atoms with van der Waals surface area (Å²) in [5, 5.41) is 0. The molecule has 0 bridgehead atoms. The zero-order valence-electron chi connectivity index (χ0n) is 22.8. The molecular formula is C35H41N3. The Morgan fingerprint density at radius 3 is 1.68 bits per heavy atom. The third-order valence-corrected chi connectivity index (χ3v) is 8.54. The van der Waals surface area contributed by atoms with Crippen LogP contribution in [0.5, 0.6) is 0 Å². The maximum absolute atomic E-state index is 4.52. The molecule has 196 valence electrons. The van der Waals surface area contributed by atoms with Crippen molar-refractivity contribution in [1.82, 2.24) is 14.5 Å². The average molecular weight is 504 g/mol. The largest absolute Gasteiger partial charge is 0.318 e. The second-order valence-electron chi connectivity index (χ2n) is 11.1. The van der Waals surface area contributed by atoms with Crippen LogP contribution in [-0.4, -0.2) is 34.6 Å². The molecule has 3 aromatic carbocycles. The van der Waals surface area contributed by atoms with Crippen LogP contribution in [0.1, 0.15) is 67.3 Å². The number of nitrogens with zero attached hydrogens (tertiary/aromatic N) is 3. The lowest BCUT2D eigenvalue weighted by Gasteiger charge is -2.44. The van der Waals surface area contributed by atoms with Gasteiger partial charge in [0.2, 0.25) is 0 Å². The summed E-state index contributed by atoms with van der Waals surface area (Å²) in [6, 6.07) is 31.7. The molecule has 3 nitrogen and oxygen atoms in total. The Labute approximate surface area is 228 Å². The number of benzene rings is 3. The van der Waals surface area contributed by atoms with E-state index in [1.165, 1.54) is 74.7 Å². The van der Waals surface area contributed by atoms with Crippen LogP contribution in [-0.2, 0) is 5.54 Å². The van der Waals surface area contributed by atoms with Crippen LogP contribution < -0.4 is 0 Å². The normalized spacial score (nSPS) is 17.4. The van der Waals surface area contributed by atoms with Crippen LogP contribution in [0.15, 0.2) is 110 Å². The van der Waals surface area contributed by atoms with Gasteiger partial charge in [0.15, 0.2) is 0 Å². The predicted molar refractivity (Wildman–Crippen MR) is 159 cm³/mol. The van der Waals surface area contributed by atoms with Crippen molar-refractivity contribution in [3.63, 3.8) is 0 Å². The minimum absolute atomic E-state index is 0.502. The van der Waals surface area contributed by atoms with Crippen LogP contribution in [0.2, 0.25) is 0 Å². The SMILES string of the molecule is C=Cc1cn(C(c2ccccc2)(c2ccccc2)c2ccccc2)cn1.CN1CCCC2(CCCCC2)C1. The number of hydrogen-bond donors (Lipinski definition) is 0. The molecule has 4 aromatic rings. The summed E-state index contributed by atoms with van der Waals surface area (Å²) in [5.74, 6) is 0. The zero-order chi connectivity index (χ0) is 26.3. The first-order chi connectivity index (χ1) is 18.7. The van der Waals surface area contributed by atoms with Crippen LogP contribution in [0, 0.1) is 5.41 Å². The molecular weight excluding hydrogens is 462 g/mol. The van der Waals surface area contributed by atoms with E-state index in [1.54, 1.807) is 6.08 Å². The molecule has 1 aliphatic carbocycles. The fourth-order valence-corrected chi connectivity index (χ4v) is 6.78. The summed E-state index contributed by atoms with van der Waals surface area (Å²) in [6.45, 7) is 6.59. The first-order valence-corrected chi connectivity index (χ1v) is 14.2. The van der Waals surface area contributed by atoms with Crippen molar-refractivity contribution in [3.05, 3.63) is 132 Å². The molecule has 2 aliphatic rings. The van der Waals surface area contributed by atoms with E-state index in [1.807, 2.05) is 24.5 Å². The zero-order valence-corrected chi connectivity index (χ0v) is 22.8. The lowest BCUT2D eigenvalue weighted by atomic mass is 9.69. The maximum Gasteiger partial charge on any atom is 0.121 e. The molecule has 6 rings (SSSR count). The minimum atomic E-state index is -0.502. The van der Waals surface area contributed by atoms with E-state index in [0.29, 0.717) is 0 Å². The van der Waals surface area contributed by atoms with Gasteiger partial charge in [-0.25, -0.2) is 4.98 Å². The van der Waals surface area contributed by atoms with Gasteiger partial charge in [-0.15, -0.1) is 0 Å². The summed E-state index contributed by atoms with van der Waals surface area (Å²) >= 11 is 0. The molecule has 1 spiro atoms. The smallest absolute Gasteiger partial charge is 0.121 e. The minimum Gasteiger partial charge on any atom is -0.318 e.